The van der Waals surface area contributed by atoms with Gasteiger partial charge in [0.15, 0.2) is 5.78 Å². The average molecular weight is 208 g/mol. The summed E-state index contributed by atoms with van der Waals surface area (Å²) >= 11 is 0. The lowest BCUT2D eigenvalue weighted by Gasteiger charge is -2.06. The molecule has 82 valence electrons. The molecule has 0 spiro atoms. The molecule has 0 aliphatic rings. The highest BCUT2D eigenvalue weighted by Gasteiger charge is 2.07. The number of aryl methyl sites for hydroxylation is 1. The maximum absolute atomic E-state index is 11.6. The van der Waals surface area contributed by atoms with E-state index in [1.807, 2.05) is 13.0 Å². The molecule has 0 radical (unpaired) electrons. The Kier molecular flexibility index (Phi) is 4.31. The van der Waals surface area contributed by atoms with Crippen LogP contribution >= 0.6 is 0 Å². The first-order valence-corrected chi connectivity index (χ1v) is 4.97. The Labute approximate surface area is 89.7 Å². The molecule has 0 aliphatic carbocycles. The third kappa shape index (κ3) is 3.06. The van der Waals surface area contributed by atoms with Gasteiger partial charge in [0, 0.05) is 18.6 Å². The fraction of sp³-hybridized carbons (Fsp3) is 0.417. The summed E-state index contributed by atoms with van der Waals surface area (Å²) in [6.45, 7) is 1.96. The van der Waals surface area contributed by atoms with Crippen molar-refractivity contribution < 1.29 is 14.6 Å². The molecule has 1 aromatic carbocycles. The van der Waals surface area contributed by atoms with Gasteiger partial charge < -0.3 is 9.84 Å². The number of carbonyl (C=O) groups is 1. The standard InChI is InChI=1S/C12H16O3/c1-9-8-10(5-6-12(9)15-2)11(14)4-3-7-13/h5-6,8,13H,3-4,7H2,1-2H3. The molecule has 1 rings (SSSR count). The van der Waals surface area contributed by atoms with Gasteiger partial charge in [-0.15, -0.1) is 0 Å². The Morgan fingerprint density at radius 1 is 1.47 bits per heavy atom. The molecule has 1 N–H and O–H groups in total. The highest BCUT2D eigenvalue weighted by molar-refractivity contribution is 5.96. The van der Waals surface area contributed by atoms with Gasteiger partial charge >= 0.3 is 0 Å². The van der Waals surface area contributed by atoms with Gasteiger partial charge in [0.25, 0.3) is 0 Å². The number of carbonyl (C=O) groups excluding carboxylic acids is 1. The first-order chi connectivity index (χ1) is 7.19. The van der Waals surface area contributed by atoms with E-state index in [-0.39, 0.29) is 12.4 Å². The van der Waals surface area contributed by atoms with Crippen molar-refractivity contribution in [2.45, 2.75) is 19.8 Å². The number of ether oxygens (including phenoxy) is 1. The lowest BCUT2D eigenvalue weighted by Crippen LogP contribution is -2.01. The molecule has 0 saturated carbocycles. The third-order valence-corrected chi connectivity index (χ3v) is 2.28. The summed E-state index contributed by atoms with van der Waals surface area (Å²) in [7, 11) is 1.61. The second kappa shape index (κ2) is 5.51. The molecule has 0 bridgehead atoms. The summed E-state index contributed by atoms with van der Waals surface area (Å²) in [5, 5.41) is 8.63. The lowest BCUT2D eigenvalue weighted by atomic mass is 10.0. The van der Waals surface area contributed by atoms with Crippen molar-refractivity contribution in [2.24, 2.45) is 0 Å². The molecule has 0 fully saturated rings. The van der Waals surface area contributed by atoms with Crippen LogP contribution in [0.5, 0.6) is 5.75 Å². The number of ketones is 1. The van der Waals surface area contributed by atoms with Gasteiger partial charge in [-0.1, -0.05) is 0 Å². The Morgan fingerprint density at radius 3 is 2.73 bits per heavy atom. The second-order valence-electron chi connectivity index (χ2n) is 3.43. The summed E-state index contributed by atoms with van der Waals surface area (Å²) in [5.41, 5.74) is 1.63. The van der Waals surface area contributed by atoms with Crippen LogP contribution in [0.15, 0.2) is 18.2 Å². The van der Waals surface area contributed by atoms with Gasteiger partial charge in [-0.05, 0) is 37.1 Å². The predicted octanol–water partition coefficient (Wildman–Crippen LogP) is 1.96. The SMILES string of the molecule is COc1ccc(C(=O)CCCO)cc1C. The highest BCUT2D eigenvalue weighted by Crippen LogP contribution is 2.19. The average Bonchev–Trinajstić information content (AvgIpc) is 2.25. The minimum absolute atomic E-state index is 0.0564. The van der Waals surface area contributed by atoms with Crippen LogP contribution in [0.3, 0.4) is 0 Å². The van der Waals surface area contributed by atoms with E-state index in [0.29, 0.717) is 18.4 Å². The summed E-state index contributed by atoms with van der Waals surface area (Å²) in [6.07, 6.45) is 0.909. The van der Waals surface area contributed by atoms with Gasteiger partial charge in [0.2, 0.25) is 0 Å². The van der Waals surface area contributed by atoms with Crippen molar-refractivity contribution in [2.75, 3.05) is 13.7 Å². The molecule has 1 aromatic rings. The number of rotatable bonds is 5. The van der Waals surface area contributed by atoms with Crippen LogP contribution in [0.25, 0.3) is 0 Å². The molecular formula is C12H16O3. The van der Waals surface area contributed by atoms with Gasteiger partial charge in [-0.3, -0.25) is 4.79 Å². The zero-order valence-electron chi connectivity index (χ0n) is 9.12. The molecule has 0 unspecified atom stereocenters. The van der Waals surface area contributed by atoms with Crippen molar-refractivity contribution in [3.63, 3.8) is 0 Å². The van der Waals surface area contributed by atoms with E-state index in [4.69, 9.17) is 9.84 Å². The van der Waals surface area contributed by atoms with E-state index >= 15 is 0 Å². The van der Waals surface area contributed by atoms with Crippen LogP contribution < -0.4 is 4.74 Å². The fourth-order valence-corrected chi connectivity index (χ4v) is 1.44. The molecule has 0 aliphatic heterocycles. The minimum Gasteiger partial charge on any atom is -0.496 e. The zero-order chi connectivity index (χ0) is 11.3. The molecule has 0 saturated heterocycles. The van der Waals surface area contributed by atoms with E-state index < -0.39 is 0 Å². The largest absolute Gasteiger partial charge is 0.496 e. The number of benzene rings is 1. The number of aliphatic hydroxyl groups excluding tert-OH is 1. The van der Waals surface area contributed by atoms with Crippen LogP contribution in [0.2, 0.25) is 0 Å². The number of Topliss-reactive ketones (excluding diaryl/α,β-unsaturated/α-hetero) is 1. The maximum atomic E-state index is 11.6. The summed E-state index contributed by atoms with van der Waals surface area (Å²) in [5.74, 6) is 0.850. The van der Waals surface area contributed by atoms with Crippen LogP contribution in [0.1, 0.15) is 28.8 Å². The lowest BCUT2D eigenvalue weighted by molar-refractivity contribution is 0.0971. The van der Waals surface area contributed by atoms with E-state index in [9.17, 15) is 4.79 Å². The number of hydrogen-bond acceptors (Lipinski definition) is 3. The molecule has 0 heterocycles. The minimum atomic E-state index is 0.0564. The van der Waals surface area contributed by atoms with Crippen molar-refractivity contribution in [3.05, 3.63) is 29.3 Å². The summed E-state index contributed by atoms with van der Waals surface area (Å²) < 4.78 is 5.11. The molecule has 0 aromatic heterocycles. The second-order valence-corrected chi connectivity index (χ2v) is 3.43. The monoisotopic (exact) mass is 208 g/mol. The molecule has 15 heavy (non-hydrogen) atoms. The Balaban J connectivity index is 2.78. The number of methoxy groups -OCH3 is 1. The van der Waals surface area contributed by atoms with Crippen LogP contribution in [0.4, 0.5) is 0 Å². The zero-order valence-corrected chi connectivity index (χ0v) is 9.12. The van der Waals surface area contributed by atoms with Crippen LogP contribution in [-0.4, -0.2) is 24.6 Å². The molecule has 0 amide bonds. The van der Waals surface area contributed by atoms with Gasteiger partial charge in [-0.25, -0.2) is 0 Å². The van der Waals surface area contributed by atoms with Crippen LogP contribution in [0, 0.1) is 6.92 Å². The van der Waals surface area contributed by atoms with Crippen molar-refractivity contribution >= 4 is 5.78 Å². The first kappa shape index (κ1) is 11.7. The molecule has 3 nitrogen and oxygen atoms in total. The van der Waals surface area contributed by atoms with Crippen molar-refractivity contribution in [3.8, 4) is 5.75 Å². The van der Waals surface area contributed by atoms with Crippen molar-refractivity contribution in [1.82, 2.24) is 0 Å². The maximum Gasteiger partial charge on any atom is 0.162 e. The van der Waals surface area contributed by atoms with Gasteiger partial charge in [0.05, 0.1) is 7.11 Å². The summed E-state index contributed by atoms with van der Waals surface area (Å²) in [4.78, 5) is 11.6. The smallest absolute Gasteiger partial charge is 0.162 e. The van der Waals surface area contributed by atoms with E-state index in [1.165, 1.54) is 0 Å². The normalized spacial score (nSPS) is 10.1. The van der Waals surface area contributed by atoms with E-state index in [0.717, 1.165) is 11.3 Å². The van der Waals surface area contributed by atoms with Crippen molar-refractivity contribution in [1.29, 1.82) is 0 Å². The first-order valence-electron chi connectivity index (χ1n) is 4.97. The van der Waals surface area contributed by atoms with Gasteiger partial charge in [0.1, 0.15) is 5.75 Å². The predicted molar refractivity (Wildman–Crippen MR) is 58.4 cm³/mol. The Morgan fingerprint density at radius 2 is 2.20 bits per heavy atom. The van der Waals surface area contributed by atoms with Crippen LogP contribution in [-0.2, 0) is 0 Å². The quantitative estimate of drug-likeness (QED) is 0.752. The Bertz CT molecular complexity index is 345. The molecule has 0 atom stereocenters. The Hall–Kier alpha value is -1.35. The molecule has 3 heteroatoms. The highest BCUT2D eigenvalue weighted by atomic mass is 16.5. The van der Waals surface area contributed by atoms with E-state index in [1.54, 1.807) is 19.2 Å². The topological polar surface area (TPSA) is 46.5 Å². The van der Waals surface area contributed by atoms with E-state index in [2.05, 4.69) is 0 Å². The number of aliphatic hydroxyl groups is 1. The summed E-state index contributed by atoms with van der Waals surface area (Å²) in [6, 6.07) is 5.37. The number of hydrogen-bond donors (Lipinski definition) is 1. The third-order valence-electron chi connectivity index (χ3n) is 2.28. The van der Waals surface area contributed by atoms with Gasteiger partial charge in [-0.2, -0.15) is 0 Å². The fourth-order valence-electron chi connectivity index (χ4n) is 1.44. The molecular weight excluding hydrogens is 192 g/mol.